The molecule has 38 heavy (non-hydrogen) atoms. The van der Waals surface area contributed by atoms with Gasteiger partial charge in [0.1, 0.15) is 5.75 Å². The van der Waals surface area contributed by atoms with Gasteiger partial charge in [0.15, 0.2) is 0 Å². The van der Waals surface area contributed by atoms with Crippen LogP contribution in [0.2, 0.25) is 0 Å². The zero-order chi connectivity index (χ0) is 28.8. The van der Waals surface area contributed by atoms with Crippen LogP contribution in [0.3, 0.4) is 0 Å². The van der Waals surface area contributed by atoms with Gasteiger partial charge in [-0.2, -0.15) is 0 Å². The summed E-state index contributed by atoms with van der Waals surface area (Å²) in [6.45, 7) is 24.4. The van der Waals surface area contributed by atoms with Gasteiger partial charge in [-0.05, 0) is 37.5 Å². The third-order valence-corrected chi connectivity index (χ3v) is 5.56. The minimum Gasteiger partial charge on any atom is -0.505 e. The van der Waals surface area contributed by atoms with Gasteiger partial charge in [0.25, 0.3) is 0 Å². The van der Waals surface area contributed by atoms with E-state index in [-0.39, 0.29) is 0 Å². The van der Waals surface area contributed by atoms with E-state index in [4.69, 9.17) is 0 Å². The van der Waals surface area contributed by atoms with Crippen LogP contribution < -0.4 is 0 Å². The minimum atomic E-state index is 0.303. The highest BCUT2D eigenvalue weighted by Crippen LogP contribution is 2.38. The summed E-state index contributed by atoms with van der Waals surface area (Å²) in [6, 6.07) is 18.3. The molecule has 0 fully saturated rings. The molecule has 0 unspecified atom stereocenters. The number of nitrogens with zero attached hydrogens (tertiary/aromatic N) is 1. The van der Waals surface area contributed by atoms with E-state index < -0.39 is 0 Å². The standard InChI is InChI=1S/C25H25NO.C5H12.C4H8.C2H6/c1-4-11-19(3)17-21(12-5-2)24-25(27)22-15-9-10-16-23(22)26(24)18-20-13-7-6-8-14-20;1-3-5-4-2;1-3-4-2;1-2/h4-10,12-17,27H,1-2,11,18H2,3H3;3-5H2,1-2H3;3H,1,4H2,2H3;1-2H3/b19-17-,21-12+;;;. The molecule has 1 heterocycles. The summed E-state index contributed by atoms with van der Waals surface area (Å²) in [5.74, 6) is 0.303. The Kier molecular flexibility index (Phi) is 19.6. The number of aromatic nitrogens is 1. The largest absolute Gasteiger partial charge is 0.505 e. The molecule has 3 aromatic rings. The SMILES string of the molecule is C=C/C=C(\C=C(\C)CC=C)c1c(O)c2ccccc2n1Cc1ccccc1.C=CCC.CC.CCCCC. The minimum absolute atomic E-state index is 0.303. The van der Waals surface area contributed by atoms with Crippen molar-refractivity contribution in [2.45, 2.75) is 80.2 Å². The lowest BCUT2D eigenvalue weighted by molar-refractivity contribution is 0.477. The Bertz CT molecular complexity index is 1130. The predicted octanol–water partition coefficient (Wildman–Crippen LogP) is 11.3. The molecule has 2 heteroatoms. The number of allylic oxidation sites excluding steroid dienone is 7. The van der Waals surface area contributed by atoms with Gasteiger partial charge in [0.05, 0.1) is 11.2 Å². The van der Waals surface area contributed by atoms with Crippen LogP contribution in [0.1, 0.15) is 84.9 Å². The number of hydrogen-bond acceptors (Lipinski definition) is 1. The highest BCUT2D eigenvalue weighted by atomic mass is 16.3. The molecule has 0 aliphatic heterocycles. The van der Waals surface area contributed by atoms with Crippen LogP contribution in [0.4, 0.5) is 0 Å². The van der Waals surface area contributed by atoms with Crippen molar-refractivity contribution in [1.82, 2.24) is 4.57 Å². The van der Waals surface area contributed by atoms with Crippen molar-refractivity contribution in [2.24, 2.45) is 0 Å². The molecule has 0 atom stereocenters. The molecular formula is C36H51NO. The fourth-order valence-corrected chi connectivity index (χ4v) is 3.74. The lowest BCUT2D eigenvalue weighted by Crippen LogP contribution is -2.04. The van der Waals surface area contributed by atoms with E-state index in [0.29, 0.717) is 12.3 Å². The molecule has 0 spiro atoms. The fraction of sp³-hybridized carbons (Fsp3) is 0.333. The molecule has 1 aromatic heterocycles. The van der Waals surface area contributed by atoms with E-state index in [1.807, 2.05) is 74.5 Å². The second kappa shape index (κ2) is 21.6. The molecule has 0 bridgehead atoms. The molecule has 0 saturated heterocycles. The fourth-order valence-electron chi connectivity index (χ4n) is 3.74. The number of para-hydroxylation sites is 1. The summed E-state index contributed by atoms with van der Waals surface area (Å²) >= 11 is 0. The van der Waals surface area contributed by atoms with Crippen LogP contribution >= 0.6 is 0 Å². The second-order valence-corrected chi connectivity index (χ2v) is 8.68. The van der Waals surface area contributed by atoms with E-state index in [1.165, 1.54) is 30.4 Å². The lowest BCUT2D eigenvalue weighted by atomic mass is 10.1. The average Bonchev–Trinajstić information content (AvgIpc) is 3.22. The number of benzene rings is 2. The molecule has 0 radical (unpaired) electrons. The number of fused-ring (bicyclic) bond motifs is 1. The van der Waals surface area contributed by atoms with Crippen molar-refractivity contribution in [3.05, 3.63) is 122 Å². The zero-order valence-electron chi connectivity index (χ0n) is 24.8. The molecule has 3 rings (SSSR count). The van der Waals surface area contributed by atoms with E-state index in [2.05, 4.69) is 70.2 Å². The molecule has 0 aliphatic carbocycles. The molecule has 2 nitrogen and oxygen atoms in total. The summed E-state index contributed by atoms with van der Waals surface area (Å²) in [4.78, 5) is 0. The van der Waals surface area contributed by atoms with Crippen molar-refractivity contribution in [1.29, 1.82) is 0 Å². The van der Waals surface area contributed by atoms with Crippen LogP contribution in [0, 0.1) is 0 Å². The van der Waals surface area contributed by atoms with E-state index in [9.17, 15) is 5.11 Å². The Morgan fingerprint density at radius 3 is 1.95 bits per heavy atom. The summed E-state index contributed by atoms with van der Waals surface area (Å²) in [5, 5.41) is 11.9. The predicted molar refractivity (Wildman–Crippen MR) is 173 cm³/mol. The quantitative estimate of drug-likeness (QED) is 0.212. The van der Waals surface area contributed by atoms with Gasteiger partial charge < -0.3 is 9.67 Å². The van der Waals surface area contributed by atoms with Gasteiger partial charge >= 0.3 is 0 Å². The summed E-state index contributed by atoms with van der Waals surface area (Å²) < 4.78 is 2.17. The van der Waals surface area contributed by atoms with Gasteiger partial charge in [-0.3, -0.25) is 0 Å². The summed E-state index contributed by atoms with van der Waals surface area (Å²) in [5.41, 5.74) is 5.12. The Morgan fingerprint density at radius 2 is 1.45 bits per heavy atom. The average molecular weight is 514 g/mol. The second-order valence-electron chi connectivity index (χ2n) is 8.68. The maximum atomic E-state index is 11.0. The Balaban J connectivity index is 0.00000106. The van der Waals surface area contributed by atoms with E-state index >= 15 is 0 Å². The van der Waals surface area contributed by atoms with Gasteiger partial charge in [-0.1, -0.05) is 139 Å². The normalized spacial score (nSPS) is 10.7. The molecule has 1 N–H and O–H groups in total. The van der Waals surface area contributed by atoms with Crippen LogP contribution in [0.15, 0.2) is 110 Å². The topological polar surface area (TPSA) is 25.2 Å². The first-order valence-electron chi connectivity index (χ1n) is 14.0. The first kappa shape index (κ1) is 34.5. The number of aromatic hydroxyl groups is 1. The van der Waals surface area contributed by atoms with E-state index in [0.717, 1.165) is 35.0 Å². The maximum absolute atomic E-state index is 11.0. The number of unbranched alkanes of at least 4 members (excludes halogenated alkanes) is 2. The molecule has 0 amide bonds. The summed E-state index contributed by atoms with van der Waals surface area (Å²) in [6.07, 6.45) is 15.5. The smallest absolute Gasteiger partial charge is 0.149 e. The Labute approximate surface area is 233 Å². The Morgan fingerprint density at radius 1 is 0.868 bits per heavy atom. The van der Waals surface area contributed by atoms with Crippen molar-refractivity contribution in [3.8, 4) is 5.75 Å². The van der Waals surface area contributed by atoms with Crippen LogP contribution in [0.25, 0.3) is 16.5 Å². The van der Waals surface area contributed by atoms with Crippen LogP contribution in [-0.4, -0.2) is 9.67 Å². The lowest BCUT2D eigenvalue weighted by Gasteiger charge is -2.13. The van der Waals surface area contributed by atoms with Gasteiger partial charge in [0, 0.05) is 17.5 Å². The number of rotatable bonds is 10. The van der Waals surface area contributed by atoms with Gasteiger partial charge in [-0.15, -0.1) is 13.2 Å². The monoisotopic (exact) mass is 513 g/mol. The maximum Gasteiger partial charge on any atom is 0.149 e. The molecule has 0 saturated carbocycles. The first-order valence-corrected chi connectivity index (χ1v) is 14.0. The first-order chi connectivity index (χ1) is 18.5. The van der Waals surface area contributed by atoms with Crippen molar-refractivity contribution >= 4 is 16.5 Å². The molecule has 206 valence electrons. The molecule has 0 aliphatic rings. The van der Waals surface area contributed by atoms with Crippen molar-refractivity contribution in [3.63, 3.8) is 0 Å². The third-order valence-electron chi connectivity index (χ3n) is 5.56. The van der Waals surface area contributed by atoms with Crippen LogP contribution in [-0.2, 0) is 6.54 Å². The van der Waals surface area contributed by atoms with Crippen LogP contribution in [0.5, 0.6) is 5.75 Å². The molecular weight excluding hydrogens is 462 g/mol. The van der Waals surface area contributed by atoms with Crippen molar-refractivity contribution < 1.29 is 5.11 Å². The third kappa shape index (κ3) is 11.7. The number of hydrogen-bond donors (Lipinski definition) is 1. The van der Waals surface area contributed by atoms with Crippen molar-refractivity contribution in [2.75, 3.05) is 0 Å². The Hall–Kier alpha value is -3.52. The summed E-state index contributed by atoms with van der Waals surface area (Å²) in [7, 11) is 0. The van der Waals surface area contributed by atoms with Gasteiger partial charge in [0.2, 0.25) is 0 Å². The molecule has 2 aromatic carbocycles. The highest BCUT2D eigenvalue weighted by Gasteiger charge is 2.18. The van der Waals surface area contributed by atoms with Gasteiger partial charge in [-0.25, -0.2) is 0 Å². The van der Waals surface area contributed by atoms with E-state index in [1.54, 1.807) is 6.08 Å². The zero-order valence-corrected chi connectivity index (χ0v) is 24.8. The highest BCUT2D eigenvalue weighted by molar-refractivity contribution is 5.95.